The predicted molar refractivity (Wildman–Crippen MR) is 128 cm³/mol. The maximum atomic E-state index is 13.0. The number of benzene rings is 3. The lowest BCUT2D eigenvalue weighted by molar-refractivity contribution is -0.146. The lowest BCUT2D eigenvalue weighted by Crippen LogP contribution is -2.42. The largest absolute Gasteiger partial charge is 0.465 e. The van der Waals surface area contributed by atoms with Crippen molar-refractivity contribution in [1.29, 1.82) is 0 Å². The van der Waals surface area contributed by atoms with Crippen molar-refractivity contribution >= 4 is 16.5 Å². The monoisotopic (exact) mass is 430 g/mol. The van der Waals surface area contributed by atoms with E-state index in [0.29, 0.717) is 23.5 Å². The van der Waals surface area contributed by atoms with Crippen LogP contribution in [-0.4, -0.2) is 23.1 Å². The molecule has 0 radical (unpaired) electrons. The first-order chi connectivity index (χ1) is 14.9. The first-order valence-corrected chi connectivity index (χ1v) is 11.7. The Bertz CT molecular complexity index is 1060. The summed E-state index contributed by atoms with van der Waals surface area (Å²) in [5.74, 6) is -0.565. The summed E-state index contributed by atoms with van der Waals surface area (Å²) in [7, 11) is 0.481. The molecule has 3 nitrogen and oxygen atoms in total. The number of carbonyl (C=O) groups is 1. The summed E-state index contributed by atoms with van der Waals surface area (Å²) in [6, 6.07) is 27.0. The minimum atomic E-state index is -0.881. The van der Waals surface area contributed by atoms with Crippen LogP contribution in [0.4, 0.5) is 0 Å². The van der Waals surface area contributed by atoms with Gasteiger partial charge in [0.05, 0.1) is 12.5 Å². The number of esters is 1. The Hall–Kier alpha value is -2.69. The van der Waals surface area contributed by atoms with Crippen LogP contribution in [0.2, 0.25) is 0 Å². The molecule has 1 aliphatic heterocycles. The summed E-state index contributed by atoms with van der Waals surface area (Å²) in [4.78, 5) is 13.0. The van der Waals surface area contributed by atoms with Crippen molar-refractivity contribution in [1.82, 2.24) is 0 Å². The van der Waals surface area contributed by atoms with E-state index in [1.807, 2.05) is 24.3 Å². The maximum Gasteiger partial charge on any atom is 0.312 e. The molecule has 0 N–H and O–H groups in total. The van der Waals surface area contributed by atoms with Crippen molar-refractivity contribution in [2.75, 3.05) is 6.61 Å². The Morgan fingerprint density at radius 2 is 1.48 bits per heavy atom. The third-order valence-corrected chi connectivity index (χ3v) is 6.93. The third-order valence-electron chi connectivity index (χ3n) is 6.29. The summed E-state index contributed by atoms with van der Waals surface area (Å²) in [5, 5.41) is 0. The zero-order valence-corrected chi connectivity index (χ0v) is 20.7. The fourth-order valence-electron chi connectivity index (χ4n) is 4.87. The molecule has 1 saturated heterocycles. The van der Waals surface area contributed by atoms with Crippen LogP contribution in [0.15, 0.2) is 78.9 Å². The number of hydrogen-bond donors (Lipinski definition) is 0. The molecule has 1 aliphatic rings. The summed E-state index contributed by atoms with van der Waals surface area (Å²) in [6.07, 6.45) is 0.643. The van der Waals surface area contributed by atoms with Crippen molar-refractivity contribution in [3.05, 3.63) is 95.6 Å². The van der Waals surface area contributed by atoms with Gasteiger partial charge in [0.1, 0.15) is 16.1 Å². The molecule has 0 spiro atoms. The van der Waals surface area contributed by atoms with Gasteiger partial charge in [-0.25, -0.2) is 0 Å². The molecule has 2 atom stereocenters. The Morgan fingerprint density at radius 1 is 0.871 bits per heavy atom. The van der Waals surface area contributed by atoms with E-state index in [4.69, 9.17) is 9.16 Å². The van der Waals surface area contributed by atoms with Gasteiger partial charge in [0.15, 0.2) is 0 Å². The minimum absolute atomic E-state index is 0.0784. The fraction of sp³-hybridized carbons (Fsp3) is 0.296. The molecule has 160 valence electrons. The first-order valence-electron chi connectivity index (χ1n) is 10.9. The first kappa shape index (κ1) is 21.5. The SMILES string of the molecule is CC(C)(C)c1cccc(C(O[SiH3])(c2ccccc2)C2CCOC2=O)c1-c1ccccc1. The van der Waals surface area contributed by atoms with Gasteiger partial charge in [0.25, 0.3) is 0 Å². The zero-order chi connectivity index (χ0) is 22.1. The molecule has 0 saturated carbocycles. The second kappa shape index (κ2) is 8.44. The molecular formula is C27H30O3Si. The van der Waals surface area contributed by atoms with Crippen LogP contribution in [0.5, 0.6) is 0 Å². The molecule has 3 aromatic carbocycles. The van der Waals surface area contributed by atoms with Crippen LogP contribution in [0.3, 0.4) is 0 Å². The van der Waals surface area contributed by atoms with Crippen LogP contribution >= 0.6 is 0 Å². The standard InChI is InChI=1S/C27H30O3Si/c1-26(2,3)21-15-10-16-22(24(21)19-11-6-4-7-12-19)27(30-31,20-13-8-5-9-14-20)23-17-18-29-25(23)28/h4-16,23H,17-18H2,1-3,31H3. The van der Waals surface area contributed by atoms with Gasteiger partial charge in [-0.15, -0.1) is 0 Å². The Morgan fingerprint density at radius 3 is 2.03 bits per heavy atom. The smallest absolute Gasteiger partial charge is 0.312 e. The van der Waals surface area contributed by atoms with Crippen molar-refractivity contribution in [3.63, 3.8) is 0 Å². The van der Waals surface area contributed by atoms with E-state index in [0.717, 1.165) is 22.3 Å². The summed E-state index contributed by atoms with van der Waals surface area (Å²) in [5.41, 5.74) is 4.59. The van der Waals surface area contributed by atoms with E-state index in [1.165, 1.54) is 5.56 Å². The van der Waals surface area contributed by atoms with Crippen molar-refractivity contribution in [3.8, 4) is 11.1 Å². The Kier molecular flexibility index (Phi) is 5.87. The average molecular weight is 431 g/mol. The molecule has 4 heteroatoms. The highest BCUT2D eigenvalue weighted by molar-refractivity contribution is 5.99. The molecule has 2 unspecified atom stereocenters. The molecule has 31 heavy (non-hydrogen) atoms. The van der Waals surface area contributed by atoms with Gasteiger partial charge in [-0.05, 0) is 39.7 Å². The van der Waals surface area contributed by atoms with E-state index in [9.17, 15) is 4.79 Å². The Labute approximate surface area is 188 Å². The molecule has 1 fully saturated rings. The van der Waals surface area contributed by atoms with Crippen LogP contribution in [-0.2, 0) is 25.0 Å². The lowest BCUT2D eigenvalue weighted by atomic mass is 9.70. The second-order valence-electron chi connectivity index (χ2n) is 9.16. The summed E-state index contributed by atoms with van der Waals surface area (Å²) >= 11 is 0. The minimum Gasteiger partial charge on any atom is -0.465 e. The van der Waals surface area contributed by atoms with Crippen molar-refractivity contribution < 1.29 is 14.0 Å². The van der Waals surface area contributed by atoms with E-state index in [-0.39, 0.29) is 17.3 Å². The number of rotatable bonds is 5. The van der Waals surface area contributed by atoms with Gasteiger partial charge in [-0.3, -0.25) is 4.79 Å². The van der Waals surface area contributed by atoms with Crippen LogP contribution in [0.25, 0.3) is 11.1 Å². The molecular weight excluding hydrogens is 400 g/mol. The molecule has 4 rings (SSSR count). The maximum absolute atomic E-state index is 13.0. The molecule has 0 bridgehead atoms. The topological polar surface area (TPSA) is 35.5 Å². The van der Waals surface area contributed by atoms with E-state index in [2.05, 4.69) is 75.4 Å². The number of cyclic esters (lactones) is 1. The number of carbonyl (C=O) groups excluding carboxylic acids is 1. The highest BCUT2D eigenvalue weighted by Crippen LogP contribution is 2.49. The second-order valence-corrected chi connectivity index (χ2v) is 9.57. The van der Waals surface area contributed by atoms with Crippen LogP contribution < -0.4 is 0 Å². The normalized spacial score (nSPS) is 18.5. The van der Waals surface area contributed by atoms with E-state index >= 15 is 0 Å². The van der Waals surface area contributed by atoms with Crippen LogP contribution in [0, 0.1) is 5.92 Å². The van der Waals surface area contributed by atoms with Gasteiger partial charge in [0, 0.05) is 0 Å². The van der Waals surface area contributed by atoms with Gasteiger partial charge < -0.3 is 9.16 Å². The molecule has 0 aromatic heterocycles. The predicted octanol–water partition coefficient (Wildman–Crippen LogP) is 4.75. The lowest BCUT2D eigenvalue weighted by Gasteiger charge is -2.40. The molecule has 3 aromatic rings. The Balaban J connectivity index is 2.11. The van der Waals surface area contributed by atoms with Crippen LogP contribution in [0.1, 0.15) is 43.9 Å². The molecule has 1 heterocycles. The van der Waals surface area contributed by atoms with Crippen molar-refractivity contribution in [2.24, 2.45) is 5.92 Å². The zero-order valence-electron chi connectivity index (χ0n) is 18.7. The number of ether oxygens (including phenoxy) is 1. The summed E-state index contributed by atoms with van der Waals surface area (Å²) < 4.78 is 12.0. The number of hydrogen-bond acceptors (Lipinski definition) is 3. The highest BCUT2D eigenvalue weighted by atomic mass is 28.2. The van der Waals surface area contributed by atoms with Gasteiger partial charge in [-0.1, -0.05) is 99.6 Å². The summed E-state index contributed by atoms with van der Waals surface area (Å²) in [6.45, 7) is 7.12. The van der Waals surface area contributed by atoms with Gasteiger partial charge in [0.2, 0.25) is 0 Å². The highest BCUT2D eigenvalue weighted by Gasteiger charge is 2.50. The molecule has 0 amide bonds. The average Bonchev–Trinajstić information content (AvgIpc) is 3.21. The fourth-order valence-corrected chi connectivity index (χ4v) is 5.61. The molecule has 0 aliphatic carbocycles. The van der Waals surface area contributed by atoms with E-state index in [1.54, 1.807) is 0 Å². The van der Waals surface area contributed by atoms with Gasteiger partial charge >= 0.3 is 5.97 Å². The van der Waals surface area contributed by atoms with E-state index < -0.39 is 5.60 Å². The quantitative estimate of drug-likeness (QED) is 0.433. The van der Waals surface area contributed by atoms with Crippen molar-refractivity contribution in [2.45, 2.75) is 38.2 Å². The third kappa shape index (κ3) is 3.75. The van der Waals surface area contributed by atoms with Gasteiger partial charge in [-0.2, -0.15) is 0 Å².